The van der Waals surface area contributed by atoms with Crippen LogP contribution in [0.25, 0.3) is 16.8 Å². The Labute approximate surface area is 191 Å². The van der Waals surface area contributed by atoms with E-state index in [4.69, 9.17) is 15.5 Å². The highest BCUT2D eigenvalue weighted by molar-refractivity contribution is 5.85. The van der Waals surface area contributed by atoms with Crippen LogP contribution in [0.2, 0.25) is 0 Å². The minimum absolute atomic E-state index is 0.265. The first-order valence-electron chi connectivity index (χ1n) is 11.3. The summed E-state index contributed by atoms with van der Waals surface area (Å²) in [4.78, 5) is 20.7. The Hall–Kier alpha value is -3.87. The van der Waals surface area contributed by atoms with Crippen molar-refractivity contribution in [3.05, 3.63) is 72.8 Å². The average molecular weight is 443 g/mol. The molecule has 0 radical (unpaired) electrons. The number of hydrogen-bond donors (Lipinski definition) is 2. The zero-order valence-electron chi connectivity index (χ0n) is 18.2. The maximum Gasteiger partial charge on any atom is 0.306 e. The van der Waals surface area contributed by atoms with Crippen LogP contribution in [0.4, 0.5) is 5.82 Å². The summed E-state index contributed by atoms with van der Waals surface area (Å²) >= 11 is 0. The number of benzene rings is 2. The van der Waals surface area contributed by atoms with Crippen LogP contribution in [0.3, 0.4) is 0 Å². The van der Waals surface area contributed by atoms with E-state index in [1.807, 2.05) is 65.2 Å². The predicted octanol–water partition coefficient (Wildman–Crippen LogP) is 5.20. The smallest absolute Gasteiger partial charge is 0.306 e. The van der Waals surface area contributed by atoms with Gasteiger partial charge in [0.05, 0.1) is 5.92 Å². The Balaban J connectivity index is 1.44. The summed E-state index contributed by atoms with van der Waals surface area (Å²) in [6, 6.07) is 17.4. The molecule has 2 aromatic heterocycles. The highest BCUT2D eigenvalue weighted by atomic mass is 16.5. The maximum absolute atomic E-state index is 11.5. The molecule has 2 atom stereocenters. The van der Waals surface area contributed by atoms with E-state index in [2.05, 4.69) is 4.98 Å². The van der Waals surface area contributed by atoms with Gasteiger partial charge in [0, 0.05) is 24.4 Å². The molecule has 1 saturated carbocycles. The molecule has 33 heavy (non-hydrogen) atoms. The number of para-hydroxylation sites is 1. The van der Waals surface area contributed by atoms with Crippen molar-refractivity contribution in [2.45, 2.75) is 32.1 Å². The molecule has 0 aliphatic heterocycles. The van der Waals surface area contributed by atoms with E-state index in [1.165, 1.54) is 0 Å². The number of carboxylic acids is 1. The van der Waals surface area contributed by atoms with E-state index in [-0.39, 0.29) is 11.8 Å². The Kier molecular flexibility index (Phi) is 5.69. The van der Waals surface area contributed by atoms with Crippen molar-refractivity contribution < 1.29 is 14.6 Å². The van der Waals surface area contributed by atoms with Crippen molar-refractivity contribution in [1.29, 1.82) is 0 Å². The van der Waals surface area contributed by atoms with Crippen molar-refractivity contribution in [3.8, 4) is 22.8 Å². The Morgan fingerprint density at radius 1 is 1.09 bits per heavy atom. The second-order valence-electron chi connectivity index (χ2n) is 8.62. The normalized spacial score (nSPS) is 18.3. The highest BCUT2D eigenvalue weighted by Gasteiger charge is 2.28. The van der Waals surface area contributed by atoms with Gasteiger partial charge < -0.3 is 15.6 Å². The van der Waals surface area contributed by atoms with Gasteiger partial charge in [0.15, 0.2) is 0 Å². The molecule has 7 nitrogen and oxygen atoms in total. The lowest BCUT2D eigenvalue weighted by atomic mass is 9.80. The summed E-state index contributed by atoms with van der Waals surface area (Å²) < 4.78 is 7.90. The molecule has 0 bridgehead atoms. The van der Waals surface area contributed by atoms with Crippen LogP contribution in [-0.2, 0) is 11.2 Å². The van der Waals surface area contributed by atoms with Crippen LogP contribution in [0.1, 0.15) is 31.5 Å². The molecule has 4 aromatic rings. The van der Waals surface area contributed by atoms with Gasteiger partial charge in [0.25, 0.3) is 0 Å². The third-order valence-electron chi connectivity index (χ3n) is 6.37. The Morgan fingerprint density at radius 2 is 1.85 bits per heavy atom. The van der Waals surface area contributed by atoms with Crippen LogP contribution < -0.4 is 10.5 Å². The number of aromatic nitrogens is 3. The summed E-state index contributed by atoms with van der Waals surface area (Å²) in [7, 11) is 0. The number of aliphatic carboxylic acids is 1. The second-order valence-corrected chi connectivity index (χ2v) is 8.62. The fourth-order valence-electron chi connectivity index (χ4n) is 4.74. The molecule has 2 heterocycles. The zero-order chi connectivity index (χ0) is 22.8. The third-order valence-corrected chi connectivity index (χ3v) is 6.37. The lowest BCUT2D eigenvalue weighted by Crippen LogP contribution is -2.24. The van der Waals surface area contributed by atoms with Crippen LogP contribution >= 0.6 is 0 Å². The molecule has 168 valence electrons. The van der Waals surface area contributed by atoms with E-state index in [0.717, 1.165) is 53.4 Å². The third kappa shape index (κ3) is 4.39. The number of carboxylic acid groups (broad SMARTS) is 1. The molecule has 1 aliphatic carbocycles. The minimum Gasteiger partial charge on any atom is -0.481 e. The summed E-state index contributed by atoms with van der Waals surface area (Å²) in [5.41, 5.74) is 8.73. The van der Waals surface area contributed by atoms with Gasteiger partial charge in [-0.3, -0.25) is 9.20 Å². The molecule has 2 unspecified atom stereocenters. The number of imidazole rings is 1. The van der Waals surface area contributed by atoms with Gasteiger partial charge in [-0.15, -0.1) is 0 Å². The molecular formula is C26H26N4O3. The van der Waals surface area contributed by atoms with Crippen LogP contribution in [0.5, 0.6) is 11.5 Å². The number of fused-ring (bicyclic) bond motifs is 1. The molecular weight excluding hydrogens is 416 g/mol. The van der Waals surface area contributed by atoms with E-state index in [0.29, 0.717) is 18.7 Å². The lowest BCUT2D eigenvalue weighted by Gasteiger charge is -2.26. The SMILES string of the molecule is Nc1nccn2c(CC3CCCC(C(=O)O)C3)nc(-c3ccc(Oc4ccccc4)cc3)c12. The number of nitrogens with zero attached hydrogens (tertiary/aromatic N) is 3. The van der Waals surface area contributed by atoms with Crippen LogP contribution in [0, 0.1) is 11.8 Å². The number of rotatable bonds is 6. The van der Waals surface area contributed by atoms with Crippen molar-refractivity contribution in [1.82, 2.24) is 14.4 Å². The fourth-order valence-corrected chi connectivity index (χ4v) is 4.74. The molecule has 3 N–H and O–H groups in total. The van der Waals surface area contributed by atoms with Gasteiger partial charge in [-0.25, -0.2) is 9.97 Å². The van der Waals surface area contributed by atoms with E-state index in [1.54, 1.807) is 6.20 Å². The number of anilines is 1. The number of hydrogen-bond acceptors (Lipinski definition) is 5. The van der Waals surface area contributed by atoms with E-state index < -0.39 is 5.97 Å². The summed E-state index contributed by atoms with van der Waals surface area (Å²) in [5, 5.41) is 9.44. The molecule has 0 saturated heterocycles. The quantitative estimate of drug-likeness (QED) is 0.425. The van der Waals surface area contributed by atoms with Crippen molar-refractivity contribution in [3.63, 3.8) is 0 Å². The van der Waals surface area contributed by atoms with Gasteiger partial charge in [-0.2, -0.15) is 0 Å². The lowest BCUT2D eigenvalue weighted by molar-refractivity contribution is -0.143. The van der Waals surface area contributed by atoms with Crippen molar-refractivity contribution in [2.75, 3.05) is 5.73 Å². The monoisotopic (exact) mass is 442 g/mol. The van der Waals surface area contributed by atoms with E-state index >= 15 is 0 Å². The molecule has 1 aliphatic rings. The Bertz CT molecular complexity index is 1270. The number of carbonyl (C=O) groups is 1. The largest absolute Gasteiger partial charge is 0.481 e. The minimum atomic E-state index is -0.695. The summed E-state index contributed by atoms with van der Waals surface area (Å²) in [6.45, 7) is 0. The fraction of sp³-hybridized carbons (Fsp3) is 0.269. The molecule has 1 fully saturated rings. The number of nitrogens with two attached hydrogens (primary N) is 1. The summed E-state index contributed by atoms with van der Waals surface area (Å²) in [6.07, 6.45) is 7.66. The topological polar surface area (TPSA) is 103 Å². The number of nitrogen functional groups attached to an aromatic ring is 1. The molecule has 5 rings (SSSR count). The number of ether oxygens (including phenoxy) is 1. The molecule has 2 aromatic carbocycles. The second kappa shape index (κ2) is 8.94. The van der Waals surface area contributed by atoms with Crippen molar-refractivity contribution in [2.24, 2.45) is 11.8 Å². The van der Waals surface area contributed by atoms with Gasteiger partial charge >= 0.3 is 5.97 Å². The van der Waals surface area contributed by atoms with Gasteiger partial charge in [0.2, 0.25) is 0 Å². The maximum atomic E-state index is 11.5. The first-order chi connectivity index (χ1) is 16.1. The van der Waals surface area contributed by atoms with Gasteiger partial charge in [-0.1, -0.05) is 24.6 Å². The Morgan fingerprint density at radius 3 is 2.61 bits per heavy atom. The van der Waals surface area contributed by atoms with Crippen molar-refractivity contribution >= 4 is 17.3 Å². The van der Waals surface area contributed by atoms with Gasteiger partial charge in [0.1, 0.15) is 34.4 Å². The van der Waals surface area contributed by atoms with Crippen LogP contribution in [-0.4, -0.2) is 25.4 Å². The first-order valence-corrected chi connectivity index (χ1v) is 11.3. The van der Waals surface area contributed by atoms with Crippen LogP contribution in [0.15, 0.2) is 67.0 Å². The zero-order valence-corrected chi connectivity index (χ0v) is 18.2. The molecule has 0 spiro atoms. The summed E-state index contributed by atoms with van der Waals surface area (Å²) in [5.74, 6) is 2.15. The predicted molar refractivity (Wildman–Crippen MR) is 126 cm³/mol. The van der Waals surface area contributed by atoms with Gasteiger partial charge in [-0.05, 0) is 61.6 Å². The van der Waals surface area contributed by atoms with E-state index in [9.17, 15) is 9.90 Å². The first kappa shape index (κ1) is 21.0. The molecule has 7 heteroatoms. The molecule has 0 amide bonds. The highest BCUT2D eigenvalue weighted by Crippen LogP contribution is 2.34. The standard InChI is InChI=1S/C26H26N4O3/c27-25-24-23(18-9-11-21(12-10-18)33-20-7-2-1-3-8-20)29-22(30(24)14-13-28-25)16-17-5-4-6-19(15-17)26(31)32/h1-3,7-14,17,19H,4-6,15-16H2,(H2,27,28)(H,31,32). The average Bonchev–Trinajstić information content (AvgIpc) is 3.20.